The first-order valence-corrected chi connectivity index (χ1v) is 15.0. The number of carbonyl (C=O) groups is 2. The smallest absolute Gasteiger partial charge is 0.410 e. The molecule has 2 heterocycles. The Morgan fingerprint density at radius 1 is 0.930 bits per heavy atom. The van der Waals surface area contributed by atoms with Crippen LogP contribution in [0.25, 0.3) is 11.1 Å². The topological polar surface area (TPSA) is 90.9 Å². The summed E-state index contributed by atoms with van der Waals surface area (Å²) in [4.78, 5) is 30.2. The molecule has 0 atom stereocenters. The van der Waals surface area contributed by atoms with E-state index in [9.17, 15) is 4.79 Å². The van der Waals surface area contributed by atoms with Gasteiger partial charge < -0.3 is 23.9 Å². The van der Waals surface area contributed by atoms with E-state index in [-0.39, 0.29) is 6.09 Å². The van der Waals surface area contributed by atoms with Crippen molar-refractivity contribution >= 4 is 12.9 Å². The minimum atomic E-state index is -0.484. The second-order valence-electron chi connectivity index (χ2n) is 11.0. The highest BCUT2D eigenvalue weighted by Gasteiger charge is 2.22. The molecule has 0 radical (unpaired) electrons. The molecule has 0 aliphatic carbocycles. The van der Waals surface area contributed by atoms with Gasteiger partial charge in [-0.05, 0) is 87.3 Å². The molecule has 1 aliphatic rings. The third-order valence-corrected chi connectivity index (χ3v) is 6.38. The number of benzene rings is 2. The van der Waals surface area contributed by atoms with Crippen molar-refractivity contribution in [3.05, 3.63) is 77.9 Å². The van der Waals surface area contributed by atoms with Crippen molar-refractivity contribution in [2.75, 3.05) is 33.9 Å². The lowest BCUT2D eigenvalue weighted by molar-refractivity contribution is -0.0980. The lowest BCUT2D eigenvalue weighted by atomic mass is 9.98. The van der Waals surface area contributed by atoms with Gasteiger partial charge in [-0.2, -0.15) is 0 Å². The molecule has 0 saturated heterocycles. The molecule has 1 amide bonds. The first-order valence-electron chi connectivity index (χ1n) is 15.0. The summed E-state index contributed by atoms with van der Waals surface area (Å²) in [5, 5.41) is 0. The molecule has 0 bridgehead atoms. The molecular weight excluding hydrogens is 542 g/mol. The second kappa shape index (κ2) is 21.0. The van der Waals surface area contributed by atoms with Gasteiger partial charge >= 0.3 is 6.09 Å². The SMILES string of the molecule is C=O.CCc1ccc(-c2ccc3c(c2)CCCCCN(C(=O)OC(C)(C)C)CCO3)cc1.CCc1cnccn1.COC. The minimum absolute atomic E-state index is 0.253. The Bertz CT molecular complexity index is 1160. The standard InChI is InChI=1S/C26H35NO3.C6H8N2.C2H6O.CH2O/c1-5-20-10-12-21(13-11-20)22-14-15-24-23(19-22)9-7-6-8-16-27(17-18-29-24)25(28)30-26(2,3)4;1-2-6-5-7-3-4-8-6;1-3-2;1-2/h10-15,19H,5-9,16-18H2,1-4H3;3-5H,2H2,1H3;1-2H3;1H2. The number of nitrogens with zero attached hydrogens (tertiary/aromatic N) is 3. The Morgan fingerprint density at radius 3 is 2.16 bits per heavy atom. The number of hydrogen-bond donors (Lipinski definition) is 0. The summed E-state index contributed by atoms with van der Waals surface area (Å²) in [6, 6.07) is 15.3. The zero-order chi connectivity index (χ0) is 32.1. The number of amides is 1. The Kier molecular flexibility index (Phi) is 18.2. The number of aryl methyl sites for hydroxylation is 3. The maximum absolute atomic E-state index is 12.5. The van der Waals surface area contributed by atoms with Crippen LogP contribution in [-0.2, 0) is 33.5 Å². The van der Waals surface area contributed by atoms with Crippen molar-refractivity contribution in [1.29, 1.82) is 0 Å². The number of hydrogen-bond acceptors (Lipinski definition) is 7. The van der Waals surface area contributed by atoms with Crippen LogP contribution in [-0.4, -0.2) is 67.3 Å². The van der Waals surface area contributed by atoms with Gasteiger partial charge in [-0.1, -0.05) is 50.6 Å². The van der Waals surface area contributed by atoms with Crippen LogP contribution in [0.4, 0.5) is 4.79 Å². The zero-order valence-electron chi connectivity index (χ0n) is 27.2. The van der Waals surface area contributed by atoms with Gasteiger partial charge in [0.1, 0.15) is 24.7 Å². The van der Waals surface area contributed by atoms with E-state index in [1.807, 2.05) is 27.6 Å². The van der Waals surface area contributed by atoms with E-state index in [0.717, 1.165) is 50.0 Å². The predicted octanol–water partition coefficient (Wildman–Crippen LogP) is 7.38. The van der Waals surface area contributed by atoms with Gasteiger partial charge in [0, 0.05) is 39.4 Å². The lowest BCUT2D eigenvalue weighted by Crippen LogP contribution is -2.39. The molecule has 4 rings (SSSR count). The summed E-state index contributed by atoms with van der Waals surface area (Å²) in [5.74, 6) is 0.926. The molecule has 0 spiro atoms. The number of rotatable bonds is 3. The highest BCUT2D eigenvalue weighted by molar-refractivity contribution is 5.68. The summed E-state index contributed by atoms with van der Waals surface area (Å²) >= 11 is 0. The van der Waals surface area contributed by atoms with E-state index in [0.29, 0.717) is 19.7 Å². The molecule has 1 aromatic heterocycles. The van der Waals surface area contributed by atoms with Crippen LogP contribution in [0.5, 0.6) is 5.75 Å². The lowest BCUT2D eigenvalue weighted by Gasteiger charge is -2.27. The first-order chi connectivity index (χ1) is 20.7. The summed E-state index contributed by atoms with van der Waals surface area (Å²) in [5.41, 5.74) is 5.63. The van der Waals surface area contributed by atoms with Gasteiger partial charge in [0.05, 0.1) is 12.2 Å². The van der Waals surface area contributed by atoms with Crippen molar-refractivity contribution < 1.29 is 23.8 Å². The summed E-state index contributed by atoms with van der Waals surface area (Å²) in [7, 11) is 3.25. The highest BCUT2D eigenvalue weighted by atomic mass is 16.6. The van der Waals surface area contributed by atoms with Gasteiger partial charge in [-0.25, -0.2) is 4.79 Å². The van der Waals surface area contributed by atoms with Crippen LogP contribution in [0, 0.1) is 0 Å². The van der Waals surface area contributed by atoms with Crippen LogP contribution in [0.15, 0.2) is 61.1 Å². The molecule has 236 valence electrons. The molecule has 0 unspecified atom stereocenters. The van der Waals surface area contributed by atoms with Crippen molar-refractivity contribution in [2.24, 2.45) is 0 Å². The third kappa shape index (κ3) is 14.8. The van der Waals surface area contributed by atoms with Crippen LogP contribution >= 0.6 is 0 Å². The highest BCUT2D eigenvalue weighted by Crippen LogP contribution is 2.29. The average molecular weight is 594 g/mol. The number of carbonyl (C=O) groups excluding carboxylic acids is 2. The molecule has 1 aliphatic heterocycles. The Labute approximate surface area is 258 Å². The fourth-order valence-electron chi connectivity index (χ4n) is 4.22. The van der Waals surface area contributed by atoms with Crippen LogP contribution < -0.4 is 4.74 Å². The molecule has 3 aromatic rings. The first kappa shape index (κ1) is 37.2. The third-order valence-electron chi connectivity index (χ3n) is 6.38. The van der Waals surface area contributed by atoms with Gasteiger partial charge in [0.2, 0.25) is 0 Å². The Morgan fingerprint density at radius 2 is 1.60 bits per heavy atom. The van der Waals surface area contributed by atoms with E-state index < -0.39 is 5.60 Å². The average Bonchev–Trinajstić information content (AvgIpc) is 3.06. The maximum atomic E-state index is 12.5. The van der Waals surface area contributed by atoms with Crippen molar-refractivity contribution in [2.45, 2.75) is 78.7 Å². The number of methoxy groups -OCH3 is 1. The van der Waals surface area contributed by atoms with E-state index in [1.165, 1.54) is 22.3 Å². The minimum Gasteiger partial charge on any atom is -0.491 e. The molecule has 8 heteroatoms. The normalized spacial score (nSPS) is 13.0. The Balaban J connectivity index is 0.000000594. The van der Waals surface area contributed by atoms with E-state index in [2.05, 4.69) is 71.0 Å². The fraction of sp³-hybridized carbons (Fsp3) is 0.486. The quantitative estimate of drug-likeness (QED) is 0.313. The van der Waals surface area contributed by atoms with Crippen molar-refractivity contribution in [3.63, 3.8) is 0 Å². The number of ether oxygens (including phenoxy) is 3. The molecule has 0 fully saturated rings. The van der Waals surface area contributed by atoms with Gasteiger partial charge in [0.15, 0.2) is 0 Å². The van der Waals surface area contributed by atoms with Gasteiger partial charge in [0.25, 0.3) is 0 Å². The number of aromatic nitrogens is 2. The molecule has 0 N–H and O–H groups in total. The summed E-state index contributed by atoms with van der Waals surface area (Å²) in [6.07, 6.45) is 11.1. The van der Waals surface area contributed by atoms with E-state index in [4.69, 9.17) is 14.3 Å². The molecular formula is C35H51N3O5. The largest absolute Gasteiger partial charge is 0.491 e. The van der Waals surface area contributed by atoms with Gasteiger partial charge in [-0.3, -0.25) is 9.97 Å². The van der Waals surface area contributed by atoms with Crippen LogP contribution in [0.2, 0.25) is 0 Å². The van der Waals surface area contributed by atoms with Crippen LogP contribution in [0.1, 0.15) is 70.7 Å². The van der Waals surface area contributed by atoms with Gasteiger partial charge in [-0.15, -0.1) is 0 Å². The summed E-state index contributed by atoms with van der Waals surface area (Å²) in [6.45, 7) is 13.7. The molecule has 8 nitrogen and oxygen atoms in total. The maximum Gasteiger partial charge on any atom is 0.410 e. The monoisotopic (exact) mass is 593 g/mol. The number of fused-ring (bicyclic) bond motifs is 1. The second-order valence-corrected chi connectivity index (χ2v) is 11.0. The van der Waals surface area contributed by atoms with Crippen LogP contribution in [0.3, 0.4) is 0 Å². The Hall–Kier alpha value is -3.78. The molecule has 2 aromatic carbocycles. The van der Waals surface area contributed by atoms with Crippen molar-refractivity contribution in [1.82, 2.24) is 14.9 Å². The fourth-order valence-corrected chi connectivity index (χ4v) is 4.22. The van der Waals surface area contributed by atoms with Crippen molar-refractivity contribution in [3.8, 4) is 16.9 Å². The molecule has 0 saturated carbocycles. The zero-order valence-corrected chi connectivity index (χ0v) is 27.2. The summed E-state index contributed by atoms with van der Waals surface area (Å²) < 4.78 is 15.9. The molecule has 43 heavy (non-hydrogen) atoms. The predicted molar refractivity (Wildman–Crippen MR) is 174 cm³/mol. The van der Waals surface area contributed by atoms with E-state index >= 15 is 0 Å². The van der Waals surface area contributed by atoms with E-state index in [1.54, 1.807) is 37.7 Å².